The first-order chi connectivity index (χ1) is 12.3. The molecule has 0 saturated heterocycles. The van der Waals surface area contributed by atoms with Gasteiger partial charge in [-0.05, 0) is 24.1 Å². The molecule has 138 valence electrons. The molecule has 8 heteroatoms. The van der Waals surface area contributed by atoms with Gasteiger partial charge in [-0.1, -0.05) is 43.1 Å². The van der Waals surface area contributed by atoms with Gasteiger partial charge in [-0.3, -0.25) is 9.79 Å². The first-order valence-electron chi connectivity index (χ1n) is 7.89. The lowest BCUT2D eigenvalue weighted by atomic mass is 10.0. The van der Waals surface area contributed by atoms with Crippen molar-refractivity contribution in [2.45, 2.75) is 33.2 Å². The maximum Gasteiger partial charge on any atom is 0.351 e. The number of rotatable bonds is 6. The Morgan fingerprint density at radius 2 is 1.81 bits per heavy atom. The number of Topliss-reactive ketones (excluding diaryl/α,β-unsaturated/α-hetero) is 1. The normalized spacial score (nSPS) is 11.6. The Hall–Kier alpha value is -2.31. The SMILES string of the molecule is CCC(=O)c1c(O)oc(=O)c(C(CC)=NCc2ccc(Cl)c(Cl)c2)c1O. The highest BCUT2D eigenvalue weighted by molar-refractivity contribution is 6.42. The molecule has 1 heterocycles. The Labute approximate surface area is 159 Å². The Bertz CT molecular complexity index is 934. The van der Waals surface area contributed by atoms with Crippen LogP contribution in [0.25, 0.3) is 0 Å². The summed E-state index contributed by atoms with van der Waals surface area (Å²) in [6, 6.07) is 5.01. The van der Waals surface area contributed by atoms with Crippen molar-refractivity contribution >= 4 is 34.7 Å². The summed E-state index contributed by atoms with van der Waals surface area (Å²) in [5.41, 5.74) is -0.632. The molecule has 0 unspecified atom stereocenters. The van der Waals surface area contributed by atoms with Crippen LogP contribution in [0.1, 0.15) is 48.2 Å². The Balaban J connectivity index is 2.51. The highest BCUT2D eigenvalue weighted by atomic mass is 35.5. The second-order valence-corrected chi connectivity index (χ2v) is 6.25. The van der Waals surface area contributed by atoms with Crippen LogP contribution >= 0.6 is 23.2 Å². The van der Waals surface area contributed by atoms with Gasteiger partial charge in [0.2, 0.25) is 0 Å². The van der Waals surface area contributed by atoms with Gasteiger partial charge < -0.3 is 14.6 Å². The number of carbonyl (C=O) groups excluding carboxylic acids is 1. The summed E-state index contributed by atoms with van der Waals surface area (Å²) in [4.78, 5) is 28.4. The van der Waals surface area contributed by atoms with E-state index in [-0.39, 0.29) is 24.2 Å². The molecule has 0 radical (unpaired) electrons. The van der Waals surface area contributed by atoms with E-state index in [0.717, 1.165) is 5.56 Å². The number of carbonyl (C=O) groups is 1. The molecule has 1 aromatic heterocycles. The lowest BCUT2D eigenvalue weighted by Crippen LogP contribution is -2.17. The van der Waals surface area contributed by atoms with Crippen molar-refractivity contribution in [2.75, 3.05) is 0 Å². The van der Waals surface area contributed by atoms with E-state index in [9.17, 15) is 19.8 Å². The number of halogens is 2. The first-order valence-corrected chi connectivity index (χ1v) is 8.65. The standard InChI is InChI=1S/C18H17Cl2NO5/c1-3-12(21-8-9-5-6-10(19)11(20)7-9)14-16(23)15(13(22)4-2)18(25)26-17(14)24/h5-7,23,25H,3-4,8H2,1-2H3. The number of benzene rings is 1. The monoisotopic (exact) mass is 397 g/mol. The fraction of sp³-hybridized carbons (Fsp3) is 0.278. The highest BCUT2D eigenvalue weighted by Crippen LogP contribution is 2.30. The molecule has 0 aliphatic heterocycles. The van der Waals surface area contributed by atoms with Gasteiger partial charge in [0, 0.05) is 6.42 Å². The molecular weight excluding hydrogens is 381 g/mol. The van der Waals surface area contributed by atoms with E-state index in [2.05, 4.69) is 4.99 Å². The number of hydrogen-bond acceptors (Lipinski definition) is 6. The largest absolute Gasteiger partial charge is 0.506 e. The van der Waals surface area contributed by atoms with Crippen LogP contribution in [0.4, 0.5) is 0 Å². The average Bonchev–Trinajstić information content (AvgIpc) is 2.59. The van der Waals surface area contributed by atoms with Crippen LogP contribution in [0, 0.1) is 0 Å². The second-order valence-electron chi connectivity index (χ2n) is 5.43. The Morgan fingerprint density at radius 1 is 1.12 bits per heavy atom. The fourth-order valence-corrected chi connectivity index (χ4v) is 2.71. The predicted molar refractivity (Wildman–Crippen MR) is 99.9 cm³/mol. The first kappa shape index (κ1) is 20.0. The lowest BCUT2D eigenvalue weighted by Gasteiger charge is -2.10. The van der Waals surface area contributed by atoms with Gasteiger partial charge in [-0.25, -0.2) is 4.79 Å². The maximum absolute atomic E-state index is 12.1. The minimum absolute atomic E-state index is 0.0240. The molecule has 2 rings (SSSR count). The minimum Gasteiger partial charge on any atom is -0.506 e. The Kier molecular flexibility index (Phi) is 6.45. The van der Waals surface area contributed by atoms with Crippen molar-refractivity contribution in [3.63, 3.8) is 0 Å². The van der Waals surface area contributed by atoms with Crippen molar-refractivity contribution in [3.05, 3.63) is 55.4 Å². The second kappa shape index (κ2) is 8.38. The van der Waals surface area contributed by atoms with Crippen molar-refractivity contribution in [2.24, 2.45) is 4.99 Å². The molecule has 0 amide bonds. The third-order valence-corrected chi connectivity index (χ3v) is 4.48. The van der Waals surface area contributed by atoms with Gasteiger partial charge in [-0.2, -0.15) is 0 Å². The zero-order valence-corrected chi connectivity index (χ0v) is 15.7. The molecule has 26 heavy (non-hydrogen) atoms. The summed E-state index contributed by atoms with van der Waals surface area (Å²) in [6.07, 6.45) is 0.320. The zero-order chi connectivity index (χ0) is 19.4. The van der Waals surface area contributed by atoms with Crippen molar-refractivity contribution < 1.29 is 19.4 Å². The van der Waals surface area contributed by atoms with E-state index >= 15 is 0 Å². The Morgan fingerprint density at radius 3 is 2.38 bits per heavy atom. The third-order valence-electron chi connectivity index (χ3n) is 3.74. The number of hydrogen-bond donors (Lipinski definition) is 2. The lowest BCUT2D eigenvalue weighted by molar-refractivity contribution is 0.0976. The summed E-state index contributed by atoms with van der Waals surface area (Å²) < 4.78 is 4.71. The van der Waals surface area contributed by atoms with Gasteiger partial charge in [0.1, 0.15) is 16.9 Å². The van der Waals surface area contributed by atoms with E-state index < -0.39 is 28.7 Å². The highest BCUT2D eigenvalue weighted by Gasteiger charge is 2.25. The topological polar surface area (TPSA) is 100 Å². The molecule has 0 atom stereocenters. The summed E-state index contributed by atoms with van der Waals surface area (Å²) in [6.45, 7) is 3.47. The van der Waals surface area contributed by atoms with Gasteiger partial charge in [0.15, 0.2) is 5.78 Å². The number of ketones is 1. The molecule has 2 aromatic rings. The summed E-state index contributed by atoms with van der Waals surface area (Å²) >= 11 is 11.8. The molecule has 2 N–H and O–H groups in total. The molecule has 0 aliphatic rings. The van der Waals surface area contributed by atoms with Gasteiger partial charge in [-0.15, -0.1) is 0 Å². The minimum atomic E-state index is -0.970. The van der Waals surface area contributed by atoms with Crippen LogP contribution in [0.3, 0.4) is 0 Å². The third kappa shape index (κ3) is 4.08. The summed E-state index contributed by atoms with van der Waals surface area (Å²) in [7, 11) is 0. The molecule has 6 nitrogen and oxygen atoms in total. The number of nitrogens with zero attached hydrogens (tertiary/aromatic N) is 1. The molecule has 0 fully saturated rings. The maximum atomic E-state index is 12.1. The van der Waals surface area contributed by atoms with E-state index in [0.29, 0.717) is 16.5 Å². The predicted octanol–water partition coefficient (Wildman–Crippen LogP) is 4.35. The molecule has 0 aliphatic carbocycles. The average molecular weight is 398 g/mol. The van der Waals surface area contributed by atoms with Gasteiger partial charge in [0.25, 0.3) is 5.95 Å². The summed E-state index contributed by atoms with van der Waals surface area (Å²) in [5, 5.41) is 20.9. The van der Waals surface area contributed by atoms with E-state index in [1.165, 1.54) is 0 Å². The summed E-state index contributed by atoms with van der Waals surface area (Å²) in [5.74, 6) is -2.08. The molecule has 0 spiro atoms. The van der Waals surface area contributed by atoms with Gasteiger partial charge in [0.05, 0.1) is 22.3 Å². The molecule has 1 aromatic carbocycles. The van der Waals surface area contributed by atoms with Crippen molar-refractivity contribution in [1.29, 1.82) is 0 Å². The number of aliphatic imine (C=N–C) groups is 1. The molecular formula is C18H17Cl2NO5. The molecule has 0 bridgehead atoms. The van der Waals surface area contributed by atoms with E-state index in [1.54, 1.807) is 32.0 Å². The van der Waals surface area contributed by atoms with Crippen LogP contribution in [0.2, 0.25) is 10.0 Å². The fourth-order valence-electron chi connectivity index (χ4n) is 2.39. The van der Waals surface area contributed by atoms with Crippen molar-refractivity contribution in [1.82, 2.24) is 0 Å². The van der Waals surface area contributed by atoms with Crippen LogP contribution < -0.4 is 5.63 Å². The zero-order valence-electron chi connectivity index (χ0n) is 14.2. The number of aromatic hydroxyl groups is 2. The van der Waals surface area contributed by atoms with Crippen LogP contribution in [-0.2, 0) is 6.54 Å². The van der Waals surface area contributed by atoms with E-state index in [4.69, 9.17) is 27.6 Å². The van der Waals surface area contributed by atoms with Crippen molar-refractivity contribution in [3.8, 4) is 11.7 Å². The smallest absolute Gasteiger partial charge is 0.351 e. The van der Waals surface area contributed by atoms with Crippen LogP contribution in [-0.4, -0.2) is 21.7 Å². The van der Waals surface area contributed by atoms with Gasteiger partial charge >= 0.3 is 5.63 Å². The van der Waals surface area contributed by atoms with E-state index in [1.807, 2.05) is 0 Å². The van der Waals surface area contributed by atoms with Crippen LogP contribution in [0.15, 0.2) is 32.4 Å². The van der Waals surface area contributed by atoms with Crippen LogP contribution in [0.5, 0.6) is 11.7 Å². The molecule has 0 saturated carbocycles. The quantitative estimate of drug-likeness (QED) is 0.557.